The molecule has 3 unspecified atom stereocenters. The van der Waals surface area contributed by atoms with Gasteiger partial charge >= 0.3 is 6.18 Å². The van der Waals surface area contributed by atoms with Crippen molar-refractivity contribution in [3.63, 3.8) is 0 Å². The highest BCUT2D eigenvalue weighted by Gasteiger charge is 2.57. The Kier molecular flexibility index (Phi) is 8.84. The molecule has 3 atom stereocenters. The molecule has 44 heavy (non-hydrogen) atoms. The van der Waals surface area contributed by atoms with Gasteiger partial charge in [-0.15, -0.1) is 0 Å². The summed E-state index contributed by atoms with van der Waals surface area (Å²) in [4.78, 5) is 32.4. The van der Waals surface area contributed by atoms with Gasteiger partial charge in [-0.25, -0.2) is 18.3 Å². The topological polar surface area (TPSA) is 129 Å². The van der Waals surface area contributed by atoms with Gasteiger partial charge in [-0.2, -0.15) is 18.3 Å². The van der Waals surface area contributed by atoms with Gasteiger partial charge in [0.15, 0.2) is 5.82 Å². The van der Waals surface area contributed by atoms with E-state index in [4.69, 9.17) is 4.74 Å². The smallest absolute Gasteiger partial charge is 0.407 e. The van der Waals surface area contributed by atoms with Crippen molar-refractivity contribution in [2.75, 3.05) is 7.11 Å². The molecule has 2 amide bonds. The van der Waals surface area contributed by atoms with E-state index in [1.54, 1.807) is 25.7 Å². The van der Waals surface area contributed by atoms with Crippen LogP contribution < -0.4 is 14.8 Å². The molecular weight excluding hydrogens is 604 g/mol. The summed E-state index contributed by atoms with van der Waals surface area (Å²) in [6.07, 6.45) is -1.59. The van der Waals surface area contributed by atoms with E-state index in [1.807, 2.05) is 0 Å². The number of H-pyrrole nitrogens is 1. The Morgan fingerprint density at radius 1 is 1.09 bits per heavy atom. The van der Waals surface area contributed by atoms with Crippen LogP contribution in [0.4, 0.5) is 17.6 Å². The maximum Gasteiger partial charge on any atom is 0.407 e. The number of ether oxygens (including phenoxy) is 1. The fraction of sp³-hybridized carbons (Fsp3) is 0.655. The molecule has 4 heterocycles. The van der Waals surface area contributed by atoms with Crippen LogP contribution in [-0.4, -0.2) is 77.8 Å². The average Bonchev–Trinajstić information content (AvgIpc) is 3.55. The number of hydrogen-bond donors (Lipinski definition) is 3. The van der Waals surface area contributed by atoms with Gasteiger partial charge in [0, 0.05) is 35.7 Å². The highest BCUT2D eigenvalue weighted by Crippen LogP contribution is 2.43. The van der Waals surface area contributed by atoms with Gasteiger partial charge in [-0.3, -0.25) is 14.7 Å². The Hall–Kier alpha value is -3.07. The summed E-state index contributed by atoms with van der Waals surface area (Å²) in [5.41, 5.74) is -1.70. The molecule has 10 nitrogen and oxygen atoms in total. The third-order valence-corrected chi connectivity index (χ3v) is 10.7. The summed E-state index contributed by atoms with van der Waals surface area (Å²) in [5, 5.41) is 9.79. The van der Waals surface area contributed by atoms with E-state index in [1.165, 1.54) is 19.2 Å². The van der Waals surface area contributed by atoms with Crippen molar-refractivity contribution >= 4 is 22.8 Å². The number of amides is 2. The average molecular weight is 643 g/mol. The standard InChI is InChI=1S/C29H38F4N6O4S/c1-27(2,3)44(42)38-28(29(31,32)33)9-7-17(8-10-28)35-25(40)16-11-18-5-6-19(12-16)39(18)26(41)23-14-22(36-37-23)20-13-24(43-4)34-15-21(20)30/h13-19,38H,5-12H2,1-4H3,(H,35,40)(H,36,37). The Morgan fingerprint density at radius 2 is 1.73 bits per heavy atom. The first-order chi connectivity index (χ1) is 20.6. The lowest BCUT2D eigenvalue weighted by molar-refractivity contribution is -0.200. The number of carbonyl (C=O) groups is 2. The van der Waals surface area contributed by atoms with Crippen LogP contribution in [0.2, 0.25) is 0 Å². The predicted molar refractivity (Wildman–Crippen MR) is 154 cm³/mol. The number of fused-ring (bicyclic) bond motifs is 2. The summed E-state index contributed by atoms with van der Waals surface area (Å²) < 4.78 is 75.9. The number of aromatic amines is 1. The fourth-order valence-electron chi connectivity index (χ4n) is 6.51. The molecule has 3 fully saturated rings. The Labute approximate surface area is 255 Å². The number of nitrogens with zero attached hydrogens (tertiary/aromatic N) is 3. The maximum absolute atomic E-state index is 14.4. The normalized spacial score (nSPS) is 28.0. The van der Waals surface area contributed by atoms with Crippen molar-refractivity contribution < 1.29 is 36.1 Å². The highest BCUT2D eigenvalue weighted by atomic mass is 32.2. The number of methoxy groups -OCH3 is 1. The summed E-state index contributed by atoms with van der Waals surface area (Å²) in [7, 11) is -0.490. The van der Waals surface area contributed by atoms with Crippen LogP contribution in [-0.2, 0) is 15.8 Å². The Bertz CT molecular complexity index is 1410. The molecule has 1 aliphatic carbocycles. The Morgan fingerprint density at radius 3 is 2.30 bits per heavy atom. The van der Waals surface area contributed by atoms with Crippen LogP contribution in [0.25, 0.3) is 11.3 Å². The van der Waals surface area contributed by atoms with Crippen molar-refractivity contribution in [1.82, 2.24) is 30.1 Å². The van der Waals surface area contributed by atoms with Gasteiger partial charge in [0.05, 0.1) is 34.7 Å². The number of halogens is 4. The zero-order chi connectivity index (χ0) is 32.0. The van der Waals surface area contributed by atoms with Crippen LogP contribution in [0.3, 0.4) is 0 Å². The van der Waals surface area contributed by atoms with E-state index >= 15 is 0 Å². The van der Waals surface area contributed by atoms with Gasteiger partial charge in [0.25, 0.3) is 5.91 Å². The minimum atomic E-state index is -4.59. The van der Waals surface area contributed by atoms with Gasteiger partial charge < -0.3 is 15.0 Å². The van der Waals surface area contributed by atoms with Crippen LogP contribution in [0.1, 0.15) is 82.6 Å². The summed E-state index contributed by atoms with van der Waals surface area (Å²) in [5.74, 6) is -1.27. The van der Waals surface area contributed by atoms with Crippen LogP contribution >= 0.6 is 0 Å². The number of nitrogens with one attached hydrogen (secondary N) is 3. The molecule has 2 bridgehead atoms. The molecule has 15 heteroatoms. The second-order valence-corrected chi connectivity index (χ2v) is 15.0. The first kappa shape index (κ1) is 32.3. The number of rotatable bonds is 7. The number of hydrogen-bond acceptors (Lipinski definition) is 6. The third kappa shape index (κ3) is 6.35. The van der Waals surface area contributed by atoms with E-state index in [2.05, 4.69) is 25.2 Å². The van der Waals surface area contributed by atoms with E-state index in [0.29, 0.717) is 12.8 Å². The van der Waals surface area contributed by atoms with Gasteiger partial charge in [-0.1, -0.05) is 0 Å². The number of pyridine rings is 1. The molecule has 1 saturated carbocycles. The van der Waals surface area contributed by atoms with Gasteiger partial charge in [0.1, 0.15) is 11.2 Å². The lowest BCUT2D eigenvalue weighted by atomic mass is 9.79. The molecule has 0 spiro atoms. The molecule has 0 radical (unpaired) electrons. The minimum absolute atomic E-state index is 0.107. The molecule has 242 valence electrons. The lowest BCUT2D eigenvalue weighted by Crippen LogP contribution is -2.62. The van der Waals surface area contributed by atoms with Crippen LogP contribution in [0, 0.1) is 11.7 Å². The second-order valence-electron chi connectivity index (χ2n) is 13.0. The Balaban J connectivity index is 1.19. The monoisotopic (exact) mass is 642 g/mol. The summed E-state index contributed by atoms with van der Waals surface area (Å²) in [6, 6.07) is 2.10. The molecule has 2 aliphatic heterocycles. The molecule has 5 rings (SSSR count). The van der Waals surface area contributed by atoms with E-state index < -0.39 is 39.3 Å². The molecule has 2 aromatic rings. The third-order valence-electron chi connectivity index (χ3n) is 9.03. The largest absolute Gasteiger partial charge is 0.481 e. The zero-order valence-electron chi connectivity index (χ0n) is 25.1. The van der Waals surface area contributed by atoms with Crippen molar-refractivity contribution in [1.29, 1.82) is 0 Å². The molecule has 0 aromatic carbocycles. The predicted octanol–water partition coefficient (Wildman–Crippen LogP) is 4.41. The molecule has 2 saturated heterocycles. The van der Waals surface area contributed by atoms with Gasteiger partial charge in [-0.05, 0) is 78.2 Å². The van der Waals surface area contributed by atoms with E-state index in [-0.39, 0.29) is 78.3 Å². The summed E-state index contributed by atoms with van der Waals surface area (Å²) >= 11 is 0. The van der Waals surface area contributed by atoms with Gasteiger partial charge in [0.2, 0.25) is 11.8 Å². The molecule has 3 aliphatic rings. The van der Waals surface area contributed by atoms with Crippen molar-refractivity contribution in [2.45, 2.75) is 107 Å². The number of aromatic nitrogens is 3. The number of carbonyl (C=O) groups excluding carboxylic acids is 2. The molecular formula is C29H38F4N6O4S. The SMILES string of the molecule is COc1cc(-c2cc(C(=O)N3C4CCC3CC(C(=O)NC3CCC(NS(=O)C(C)(C)C)(C(F)(F)F)CC3)C4)[nH]n2)c(F)cn1. The fourth-order valence-corrected chi connectivity index (χ4v) is 7.49. The van der Waals surface area contributed by atoms with Crippen molar-refractivity contribution in [3.05, 3.63) is 29.8 Å². The first-order valence-corrected chi connectivity index (χ1v) is 15.9. The van der Waals surface area contributed by atoms with E-state index in [0.717, 1.165) is 19.0 Å². The van der Waals surface area contributed by atoms with Crippen LogP contribution in [0.5, 0.6) is 5.88 Å². The maximum atomic E-state index is 14.4. The molecule has 3 N–H and O–H groups in total. The molecule has 2 aromatic heterocycles. The zero-order valence-corrected chi connectivity index (χ0v) is 25.9. The number of alkyl halides is 3. The van der Waals surface area contributed by atoms with Crippen LogP contribution in [0.15, 0.2) is 18.3 Å². The second kappa shape index (κ2) is 12.0. The van der Waals surface area contributed by atoms with Crippen molar-refractivity contribution in [2.24, 2.45) is 5.92 Å². The highest BCUT2D eigenvalue weighted by molar-refractivity contribution is 7.84. The lowest BCUT2D eigenvalue weighted by Gasteiger charge is -2.43. The summed E-state index contributed by atoms with van der Waals surface area (Å²) in [6.45, 7) is 4.85. The minimum Gasteiger partial charge on any atom is -0.481 e. The quantitative estimate of drug-likeness (QED) is 0.384. The first-order valence-electron chi connectivity index (χ1n) is 14.8. The van der Waals surface area contributed by atoms with Crippen molar-refractivity contribution in [3.8, 4) is 17.1 Å². The number of piperidine rings is 1. The van der Waals surface area contributed by atoms with E-state index in [9.17, 15) is 31.4 Å².